The number of methoxy groups -OCH3 is 3. The lowest BCUT2D eigenvalue weighted by molar-refractivity contribution is 0.0954. The molecule has 1 amide bonds. The molecule has 2 aromatic carbocycles. The van der Waals surface area contributed by atoms with Crippen LogP contribution in [0.2, 0.25) is 0 Å². The van der Waals surface area contributed by atoms with Crippen LogP contribution in [0.15, 0.2) is 41.5 Å². The second-order valence-corrected chi connectivity index (χ2v) is 5.60. The number of nitrogens with zero attached hydrogens (tertiary/aromatic N) is 2. The number of amides is 1. The minimum Gasteiger partial charge on any atom is -0.493 e. The van der Waals surface area contributed by atoms with Gasteiger partial charge in [0.15, 0.2) is 11.5 Å². The standard InChI is InChI=1S/C19H23N3O4/c1-22(2)15-8-6-13(7-9-15)12-20-21-19(23)14-10-16(24-3)18(26-5)17(11-14)25-4/h6-12H,1-5H3,(H,21,23)/b20-12-. The molecule has 2 rings (SSSR count). The normalized spacial score (nSPS) is 10.5. The third-order valence-electron chi connectivity index (χ3n) is 3.72. The number of nitrogens with one attached hydrogen (secondary N) is 1. The van der Waals surface area contributed by atoms with Crippen LogP contribution in [0.4, 0.5) is 5.69 Å². The molecule has 7 heteroatoms. The SMILES string of the molecule is COc1cc(C(=O)N/N=C\c2ccc(N(C)C)cc2)cc(OC)c1OC. The zero-order chi connectivity index (χ0) is 19.1. The highest BCUT2D eigenvalue weighted by Crippen LogP contribution is 2.38. The van der Waals surface area contributed by atoms with Crippen LogP contribution in [0.1, 0.15) is 15.9 Å². The number of ether oxygens (including phenoxy) is 3. The van der Waals surface area contributed by atoms with E-state index in [-0.39, 0.29) is 5.91 Å². The quantitative estimate of drug-likeness (QED) is 0.609. The van der Waals surface area contributed by atoms with Crippen LogP contribution >= 0.6 is 0 Å². The summed E-state index contributed by atoms with van der Waals surface area (Å²) in [6.07, 6.45) is 1.58. The molecule has 0 heterocycles. The van der Waals surface area contributed by atoms with Gasteiger partial charge in [-0.2, -0.15) is 5.10 Å². The number of hydrogen-bond acceptors (Lipinski definition) is 6. The predicted molar refractivity (Wildman–Crippen MR) is 102 cm³/mol. The number of anilines is 1. The smallest absolute Gasteiger partial charge is 0.271 e. The number of benzene rings is 2. The largest absolute Gasteiger partial charge is 0.493 e. The minimum atomic E-state index is -0.384. The van der Waals surface area contributed by atoms with Gasteiger partial charge < -0.3 is 19.1 Å². The fourth-order valence-corrected chi connectivity index (χ4v) is 2.30. The van der Waals surface area contributed by atoms with E-state index in [9.17, 15) is 4.79 Å². The van der Waals surface area contributed by atoms with E-state index >= 15 is 0 Å². The second kappa shape index (κ2) is 8.75. The first-order valence-electron chi connectivity index (χ1n) is 7.91. The molecule has 0 atom stereocenters. The van der Waals surface area contributed by atoms with Crippen molar-refractivity contribution in [3.63, 3.8) is 0 Å². The van der Waals surface area contributed by atoms with Gasteiger partial charge >= 0.3 is 0 Å². The summed E-state index contributed by atoms with van der Waals surface area (Å²) in [5.74, 6) is 0.849. The molecular weight excluding hydrogens is 334 g/mol. The van der Waals surface area contributed by atoms with Crippen LogP contribution in [0.5, 0.6) is 17.2 Å². The van der Waals surface area contributed by atoms with Gasteiger partial charge in [0, 0.05) is 25.3 Å². The molecule has 1 N–H and O–H groups in total. The minimum absolute atomic E-state index is 0.347. The Hall–Kier alpha value is -3.22. The zero-order valence-corrected chi connectivity index (χ0v) is 15.6. The van der Waals surface area contributed by atoms with Gasteiger partial charge in [-0.15, -0.1) is 0 Å². The Bertz CT molecular complexity index is 761. The van der Waals surface area contributed by atoms with Gasteiger partial charge in [0.2, 0.25) is 5.75 Å². The van der Waals surface area contributed by atoms with Crippen LogP contribution < -0.4 is 24.5 Å². The summed E-state index contributed by atoms with van der Waals surface area (Å²) < 4.78 is 15.7. The van der Waals surface area contributed by atoms with Gasteiger partial charge in [0.05, 0.1) is 27.5 Å². The lowest BCUT2D eigenvalue weighted by atomic mass is 10.1. The average Bonchev–Trinajstić information content (AvgIpc) is 2.66. The Morgan fingerprint density at radius 1 is 1.00 bits per heavy atom. The van der Waals surface area contributed by atoms with Crippen LogP contribution in [-0.4, -0.2) is 47.5 Å². The van der Waals surface area contributed by atoms with Crippen LogP contribution in [0.25, 0.3) is 0 Å². The average molecular weight is 357 g/mol. The summed E-state index contributed by atoms with van der Waals surface area (Å²) in [5, 5.41) is 3.99. The molecule has 7 nitrogen and oxygen atoms in total. The summed E-state index contributed by atoms with van der Waals surface area (Å²) in [6.45, 7) is 0. The van der Waals surface area contributed by atoms with Gasteiger partial charge in [0.1, 0.15) is 0 Å². The first-order valence-corrected chi connectivity index (χ1v) is 7.91. The van der Waals surface area contributed by atoms with Gasteiger partial charge in [-0.1, -0.05) is 12.1 Å². The van der Waals surface area contributed by atoms with E-state index < -0.39 is 0 Å². The van der Waals surface area contributed by atoms with Gasteiger partial charge in [-0.25, -0.2) is 5.43 Å². The molecule has 0 radical (unpaired) electrons. The topological polar surface area (TPSA) is 72.4 Å². The van der Waals surface area contributed by atoms with Crippen molar-refractivity contribution in [2.45, 2.75) is 0 Å². The Kier molecular flexibility index (Phi) is 6.43. The molecule has 0 saturated heterocycles. The van der Waals surface area contributed by atoms with E-state index in [0.29, 0.717) is 22.8 Å². The summed E-state index contributed by atoms with van der Waals surface area (Å²) in [6, 6.07) is 10.9. The Balaban J connectivity index is 2.12. The number of rotatable bonds is 7. The number of hydrazone groups is 1. The van der Waals surface area contributed by atoms with E-state index in [1.807, 2.05) is 43.3 Å². The van der Waals surface area contributed by atoms with Crippen molar-refractivity contribution in [3.05, 3.63) is 47.5 Å². The van der Waals surface area contributed by atoms with Crippen molar-refractivity contribution in [1.82, 2.24) is 5.43 Å². The van der Waals surface area contributed by atoms with E-state index in [0.717, 1.165) is 11.3 Å². The van der Waals surface area contributed by atoms with Crippen molar-refractivity contribution in [2.75, 3.05) is 40.3 Å². The third-order valence-corrected chi connectivity index (χ3v) is 3.72. The van der Waals surface area contributed by atoms with Crippen molar-refractivity contribution in [1.29, 1.82) is 0 Å². The molecule has 0 bridgehead atoms. The lowest BCUT2D eigenvalue weighted by Gasteiger charge is -2.13. The fourth-order valence-electron chi connectivity index (χ4n) is 2.30. The molecule has 0 aromatic heterocycles. The number of carbonyl (C=O) groups excluding carboxylic acids is 1. The molecule has 0 aliphatic carbocycles. The highest BCUT2D eigenvalue weighted by molar-refractivity contribution is 5.96. The maximum atomic E-state index is 12.3. The van der Waals surface area contributed by atoms with Gasteiger partial charge in [-0.05, 0) is 29.8 Å². The predicted octanol–water partition coefficient (Wildman–Crippen LogP) is 2.54. The summed E-state index contributed by atoms with van der Waals surface area (Å²) in [4.78, 5) is 14.3. The molecule has 0 aliphatic rings. The van der Waals surface area contributed by atoms with Crippen molar-refractivity contribution >= 4 is 17.8 Å². The van der Waals surface area contributed by atoms with Crippen LogP contribution in [0.3, 0.4) is 0 Å². The highest BCUT2D eigenvalue weighted by Gasteiger charge is 2.16. The van der Waals surface area contributed by atoms with Crippen molar-refractivity contribution < 1.29 is 19.0 Å². The van der Waals surface area contributed by atoms with Crippen LogP contribution in [-0.2, 0) is 0 Å². The van der Waals surface area contributed by atoms with Crippen LogP contribution in [0, 0.1) is 0 Å². The fraction of sp³-hybridized carbons (Fsp3) is 0.263. The lowest BCUT2D eigenvalue weighted by Crippen LogP contribution is -2.18. The van der Waals surface area contributed by atoms with Gasteiger partial charge in [0.25, 0.3) is 5.91 Å². The van der Waals surface area contributed by atoms with E-state index in [1.165, 1.54) is 21.3 Å². The monoisotopic (exact) mass is 357 g/mol. The molecule has 0 spiro atoms. The number of hydrogen-bond donors (Lipinski definition) is 1. The third kappa shape index (κ3) is 4.44. The summed E-state index contributed by atoms with van der Waals surface area (Å²) >= 11 is 0. The first kappa shape index (κ1) is 19.1. The Labute approximate surface area is 153 Å². The maximum absolute atomic E-state index is 12.3. The maximum Gasteiger partial charge on any atom is 0.271 e. The Morgan fingerprint density at radius 3 is 2.04 bits per heavy atom. The second-order valence-electron chi connectivity index (χ2n) is 5.60. The number of carbonyl (C=O) groups is 1. The van der Waals surface area contributed by atoms with Crippen molar-refractivity contribution in [3.8, 4) is 17.2 Å². The molecule has 138 valence electrons. The Morgan fingerprint density at radius 2 is 1.58 bits per heavy atom. The molecular formula is C19H23N3O4. The summed E-state index contributed by atoms with van der Waals surface area (Å²) in [5.41, 5.74) is 4.80. The van der Waals surface area contributed by atoms with E-state index in [4.69, 9.17) is 14.2 Å². The van der Waals surface area contributed by atoms with E-state index in [2.05, 4.69) is 10.5 Å². The molecule has 0 fully saturated rings. The highest BCUT2D eigenvalue weighted by atomic mass is 16.5. The molecule has 26 heavy (non-hydrogen) atoms. The van der Waals surface area contributed by atoms with Crippen molar-refractivity contribution in [2.24, 2.45) is 5.10 Å². The first-order chi connectivity index (χ1) is 12.5. The molecule has 2 aromatic rings. The zero-order valence-electron chi connectivity index (χ0n) is 15.6. The molecule has 0 aliphatic heterocycles. The molecule has 0 saturated carbocycles. The molecule has 0 unspecified atom stereocenters. The summed E-state index contributed by atoms with van der Waals surface area (Å²) in [7, 11) is 8.44. The van der Waals surface area contributed by atoms with Gasteiger partial charge in [-0.3, -0.25) is 4.79 Å². The van der Waals surface area contributed by atoms with E-state index in [1.54, 1.807) is 18.3 Å².